The molecule has 4 aromatic heterocycles. The van der Waals surface area contributed by atoms with Crippen molar-refractivity contribution >= 4 is 74.2 Å². The van der Waals surface area contributed by atoms with Gasteiger partial charge in [0.25, 0.3) is 11.8 Å². The largest absolute Gasteiger partial charge is 0.364 e. The molecular weight excluding hydrogens is 671 g/mol. The fourth-order valence-electron chi connectivity index (χ4n) is 5.06. The molecule has 0 radical (unpaired) electrons. The summed E-state index contributed by atoms with van der Waals surface area (Å²) < 4.78 is 8.38. The predicted molar refractivity (Wildman–Crippen MR) is 189 cm³/mol. The first kappa shape index (κ1) is 35.1. The second-order valence-electron chi connectivity index (χ2n) is 11.8. The van der Waals surface area contributed by atoms with Gasteiger partial charge in [0, 0.05) is 52.4 Å². The van der Waals surface area contributed by atoms with Gasteiger partial charge in [-0.25, -0.2) is 24.7 Å². The number of hydrogen-bond donors (Lipinski definition) is 6. The van der Waals surface area contributed by atoms with E-state index in [1.165, 1.54) is 34.2 Å². The first-order valence-electron chi connectivity index (χ1n) is 15.3. The van der Waals surface area contributed by atoms with Crippen molar-refractivity contribution in [3.8, 4) is 0 Å². The van der Waals surface area contributed by atoms with Crippen LogP contribution in [0.15, 0.2) is 24.5 Å². The van der Waals surface area contributed by atoms with E-state index < -0.39 is 11.8 Å². The smallest absolute Gasteiger partial charge is 0.317 e. The molecule has 0 bridgehead atoms. The Kier molecular flexibility index (Phi) is 11.0. The second-order valence-corrected chi connectivity index (χ2v) is 13.4. The Balaban J connectivity index is 0.000000195. The molecule has 0 aliphatic carbocycles. The highest BCUT2D eigenvalue weighted by Gasteiger charge is 2.27. The van der Waals surface area contributed by atoms with Crippen LogP contribution in [0.5, 0.6) is 0 Å². The fourth-order valence-corrected chi connectivity index (χ4v) is 6.38. The van der Waals surface area contributed by atoms with Crippen molar-refractivity contribution in [2.75, 3.05) is 60.7 Å². The molecule has 0 saturated carbocycles. The maximum Gasteiger partial charge on any atom is 0.317 e. The van der Waals surface area contributed by atoms with E-state index in [1.807, 2.05) is 35.8 Å². The maximum absolute atomic E-state index is 11.8. The minimum atomic E-state index is -0.657. The number of nitrogens with two attached hydrogens (primary N) is 3. The SMILES string of the molecule is Cc1cc(Nc2nc(N3CC[C@@H](N)C3)cnc2C(N)=O)sn1.Cc1cc(Nc2nc(N3CC[C@@H](NC(=O)N(C)C)C3)cnc2C(N)=O)sn1. The zero-order valence-corrected chi connectivity index (χ0v) is 29.1. The Labute approximate surface area is 290 Å². The number of hydrogen-bond acceptors (Lipinski definition) is 16. The molecule has 6 rings (SSSR count). The molecule has 9 N–H and O–H groups in total. The van der Waals surface area contributed by atoms with E-state index in [0.29, 0.717) is 29.8 Å². The molecule has 6 heterocycles. The lowest BCUT2D eigenvalue weighted by Crippen LogP contribution is -2.42. The van der Waals surface area contributed by atoms with Gasteiger partial charge < -0.3 is 47.9 Å². The number of amides is 4. The van der Waals surface area contributed by atoms with Crippen LogP contribution in [-0.4, -0.2) is 104 Å². The molecule has 2 atom stereocenters. The number of aryl methyl sites for hydroxylation is 2. The van der Waals surface area contributed by atoms with Crippen molar-refractivity contribution in [1.82, 2.24) is 38.9 Å². The van der Waals surface area contributed by atoms with Gasteiger partial charge in [0.05, 0.1) is 23.8 Å². The Morgan fingerprint density at radius 1 is 0.816 bits per heavy atom. The van der Waals surface area contributed by atoms with Crippen molar-refractivity contribution in [2.24, 2.45) is 17.2 Å². The third-order valence-corrected chi connectivity index (χ3v) is 9.11. The van der Waals surface area contributed by atoms with Crippen molar-refractivity contribution in [3.63, 3.8) is 0 Å². The van der Waals surface area contributed by atoms with Crippen molar-refractivity contribution in [1.29, 1.82) is 0 Å². The first-order chi connectivity index (χ1) is 23.4. The van der Waals surface area contributed by atoms with Gasteiger partial charge in [-0.2, -0.15) is 8.75 Å². The molecule has 2 aliphatic rings. The summed E-state index contributed by atoms with van der Waals surface area (Å²) in [4.78, 5) is 58.0. The van der Waals surface area contributed by atoms with E-state index in [2.05, 4.69) is 44.6 Å². The van der Waals surface area contributed by atoms with E-state index >= 15 is 0 Å². The molecule has 0 unspecified atom stereocenters. The fraction of sp³-hybridized carbons (Fsp3) is 0.414. The van der Waals surface area contributed by atoms with Crippen LogP contribution in [0.4, 0.5) is 38.1 Å². The average Bonchev–Trinajstić information content (AvgIpc) is 3.87. The van der Waals surface area contributed by atoms with Gasteiger partial charge in [-0.1, -0.05) is 0 Å². The monoisotopic (exact) mass is 709 g/mol. The van der Waals surface area contributed by atoms with Crippen LogP contribution in [0.3, 0.4) is 0 Å². The number of carbonyl (C=O) groups excluding carboxylic acids is 3. The van der Waals surface area contributed by atoms with Crippen LogP contribution in [-0.2, 0) is 0 Å². The third kappa shape index (κ3) is 9.03. The zero-order valence-electron chi connectivity index (χ0n) is 27.5. The van der Waals surface area contributed by atoms with Crippen molar-refractivity contribution in [3.05, 3.63) is 47.3 Å². The number of anilines is 6. The van der Waals surface area contributed by atoms with Crippen LogP contribution in [0.2, 0.25) is 0 Å². The van der Waals surface area contributed by atoms with E-state index in [9.17, 15) is 14.4 Å². The molecule has 0 aromatic carbocycles. The summed E-state index contributed by atoms with van der Waals surface area (Å²) in [5, 5.41) is 10.6. The molecule has 2 aliphatic heterocycles. The standard InChI is InChI=1S/C16H22N8O2S.C13H17N7OS/c1-9-6-12(27-22-9)21-15-13(14(17)25)18-7-11(20-15)24-5-4-10(8-24)19-16(26)23(2)3;1-7-4-10(22-19-7)18-13-11(12(15)21)16-5-9(17-13)20-3-2-8(14)6-20/h6-7,10H,4-5,8H2,1-3H3,(H2,17,25)(H,19,26)(H,20,21);4-5,8H,2-3,6,14H2,1H3,(H2,15,21)(H,17,18)/t10-;8-/m11/s1. The molecule has 4 aromatic rings. The van der Waals surface area contributed by atoms with E-state index in [0.717, 1.165) is 53.9 Å². The summed E-state index contributed by atoms with van der Waals surface area (Å²) in [5.41, 5.74) is 18.7. The summed E-state index contributed by atoms with van der Waals surface area (Å²) in [7, 11) is 3.41. The van der Waals surface area contributed by atoms with Gasteiger partial charge in [-0.05, 0) is 61.9 Å². The minimum absolute atomic E-state index is 0.0260. The molecule has 49 heavy (non-hydrogen) atoms. The number of nitrogens with zero attached hydrogens (tertiary/aromatic N) is 9. The highest BCUT2D eigenvalue weighted by atomic mass is 32.1. The number of rotatable bonds is 9. The van der Waals surface area contributed by atoms with Crippen molar-refractivity contribution in [2.45, 2.75) is 38.8 Å². The molecule has 18 nitrogen and oxygen atoms in total. The van der Waals surface area contributed by atoms with Crippen LogP contribution in [0.1, 0.15) is 45.2 Å². The van der Waals surface area contributed by atoms with Crippen molar-refractivity contribution < 1.29 is 14.4 Å². The molecule has 20 heteroatoms. The molecule has 0 spiro atoms. The topological polar surface area (TPSA) is 252 Å². The van der Waals surface area contributed by atoms with Gasteiger partial charge in [-0.15, -0.1) is 0 Å². The summed E-state index contributed by atoms with van der Waals surface area (Å²) in [6, 6.07) is 3.76. The molecule has 4 amide bonds. The average molecular weight is 710 g/mol. The summed E-state index contributed by atoms with van der Waals surface area (Å²) in [5.74, 6) is 0.654. The Morgan fingerprint density at radius 3 is 1.71 bits per heavy atom. The van der Waals surface area contributed by atoms with Gasteiger partial charge in [-0.3, -0.25) is 9.59 Å². The lowest BCUT2D eigenvalue weighted by molar-refractivity contribution is 0.0987. The number of primary amides is 2. The van der Waals surface area contributed by atoms with Crippen LogP contribution >= 0.6 is 23.1 Å². The van der Waals surface area contributed by atoms with Gasteiger partial charge in [0.15, 0.2) is 23.0 Å². The molecule has 2 fully saturated rings. The van der Waals surface area contributed by atoms with Gasteiger partial charge in [0.2, 0.25) is 0 Å². The van der Waals surface area contributed by atoms with E-state index in [1.54, 1.807) is 20.3 Å². The van der Waals surface area contributed by atoms with E-state index in [-0.39, 0.29) is 29.5 Å². The number of aromatic nitrogens is 6. The quantitative estimate of drug-likeness (QED) is 0.144. The zero-order chi connectivity index (χ0) is 35.2. The molecular formula is C29H39N15O3S2. The summed E-state index contributed by atoms with van der Waals surface area (Å²) in [6.45, 7) is 6.66. The molecule has 260 valence electrons. The predicted octanol–water partition coefficient (Wildman–Crippen LogP) is 1.56. The number of nitrogens with one attached hydrogen (secondary N) is 3. The summed E-state index contributed by atoms with van der Waals surface area (Å²) >= 11 is 2.55. The summed E-state index contributed by atoms with van der Waals surface area (Å²) in [6.07, 6.45) is 4.80. The van der Waals surface area contributed by atoms with Gasteiger partial charge in [0.1, 0.15) is 21.6 Å². The normalized spacial score (nSPS) is 16.9. The highest BCUT2D eigenvalue weighted by molar-refractivity contribution is 7.10. The van der Waals surface area contributed by atoms with Gasteiger partial charge >= 0.3 is 6.03 Å². The van der Waals surface area contributed by atoms with Crippen LogP contribution < -0.4 is 43.0 Å². The lowest BCUT2D eigenvalue weighted by atomic mass is 10.3. The number of carbonyl (C=O) groups is 3. The van der Waals surface area contributed by atoms with Crippen LogP contribution in [0.25, 0.3) is 0 Å². The minimum Gasteiger partial charge on any atom is -0.364 e. The highest BCUT2D eigenvalue weighted by Crippen LogP contribution is 2.27. The lowest BCUT2D eigenvalue weighted by Gasteiger charge is -2.20. The van der Waals surface area contributed by atoms with Crippen LogP contribution in [0, 0.1) is 13.8 Å². The molecule has 2 saturated heterocycles. The second kappa shape index (κ2) is 15.3. The Morgan fingerprint density at radius 2 is 1.31 bits per heavy atom. The third-order valence-electron chi connectivity index (χ3n) is 7.52. The first-order valence-corrected chi connectivity index (χ1v) is 16.9. The number of urea groups is 1. The maximum atomic E-state index is 11.8. The Bertz CT molecular complexity index is 1810. The van der Waals surface area contributed by atoms with E-state index in [4.69, 9.17) is 17.2 Å². The Hall–Kier alpha value is -5.21.